The number of amides is 1. The molecule has 2 aromatic carbocycles. The van der Waals surface area contributed by atoms with Crippen LogP contribution in [0, 0.1) is 0 Å². The average molecular weight is 391 g/mol. The molecule has 1 amide bonds. The fourth-order valence-electron chi connectivity index (χ4n) is 2.80. The van der Waals surface area contributed by atoms with Crippen LogP contribution >= 0.6 is 0 Å². The van der Waals surface area contributed by atoms with Crippen molar-refractivity contribution in [3.63, 3.8) is 0 Å². The molecule has 150 valence electrons. The third-order valence-corrected chi connectivity index (χ3v) is 4.37. The number of ether oxygens (including phenoxy) is 1. The maximum absolute atomic E-state index is 12.3. The number of aromatic amines is 1. The number of aryl methyl sites for hydroxylation is 1. The van der Waals surface area contributed by atoms with E-state index in [4.69, 9.17) is 4.74 Å². The minimum absolute atomic E-state index is 0.181. The number of tetrazole rings is 1. The molecule has 0 fully saturated rings. The first-order valence-electron chi connectivity index (χ1n) is 9.77. The van der Waals surface area contributed by atoms with Crippen molar-refractivity contribution in [1.29, 1.82) is 0 Å². The molecule has 0 atom stereocenters. The number of benzene rings is 2. The van der Waals surface area contributed by atoms with E-state index >= 15 is 0 Å². The highest BCUT2D eigenvalue weighted by atomic mass is 16.5. The van der Waals surface area contributed by atoms with Gasteiger partial charge in [-0.1, -0.05) is 56.2 Å². The Labute approximate surface area is 170 Å². The Morgan fingerprint density at radius 2 is 1.97 bits per heavy atom. The van der Waals surface area contributed by atoms with Crippen LogP contribution in [0.3, 0.4) is 0 Å². The highest BCUT2D eigenvalue weighted by molar-refractivity contribution is 6.02. The second kappa shape index (κ2) is 10.8. The van der Waals surface area contributed by atoms with E-state index in [1.54, 1.807) is 18.2 Å². The van der Waals surface area contributed by atoms with E-state index in [-0.39, 0.29) is 12.5 Å². The molecule has 0 spiro atoms. The van der Waals surface area contributed by atoms with Crippen LogP contribution in [0.5, 0.6) is 5.75 Å². The van der Waals surface area contributed by atoms with Crippen molar-refractivity contribution in [3.8, 4) is 5.75 Å². The van der Waals surface area contributed by atoms with E-state index in [1.165, 1.54) is 30.9 Å². The molecule has 0 bridgehead atoms. The molecule has 3 aromatic rings. The van der Waals surface area contributed by atoms with Crippen LogP contribution in [0.4, 0.5) is 5.69 Å². The van der Waals surface area contributed by atoms with Gasteiger partial charge in [-0.3, -0.25) is 4.79 Å². The number of hydrogen-bond acceptors (Lipinski definition) is 5. The summed E-state index contributed by atoms with van der Waals surface area (Å²) in [5, 5.41) is 16.2. The van der Waals surface area contributed by atoms with E-state index in [9.17, 15) is 4.79 Å². The van der Waals surface area contributed by atoms with Gasteiger partial charge in [0.05, 0.1) is 5.69 Å². The molecule has 29 heavy (non-hydrogen) atoms. The fraction of sp³-hybridized carbons (Fsp3) is 0.273. The standard InChI is InChI=1S/C22H25N5O2/c1-2-3-4-7-17-10-12-18(13-11-17)14-15-22(28)23-19-8-5-6-9-20(19)29-16-21-24-26-27-25-21/h5-6,8-15H,2-4,7,16H2,1H3,(H,23,28)(H,24,25,26,27)/b15-14+. The maximum atomic E-state index is 12.3. The van der Waals surface area contributed by atoms with Gasteiger partial charge in [0.2, 0.25) is 5.91 Å². The maximum Gasteiger partial charge on any atom is 0.248 e. The summed E-state index contributed by atoms with van der Waals surface area (Å²) in [6.07, 6.45) is 8.10. The molecule has 1 heterocycles. The first kappa shape index (κ1) is 20.3. The largest absolute Gasteiger partial charge is 0.483 e. The van der Waals surface area contributed by atoms with Crippen molar-refractivity contribution in [2.45, 2.75) is 39.2 Å². The molecule has 0 aliphatic carbocycles. The number of nitrogens with zero attached hydrogens (tertiary/aromatic N) is 3. The number of aromatic nitrogens is 4. The lowest BCUT2D eigenvalue weighted by Gasteiger charge is -2.10. The third-order valence-electron chi connectivity index (χ3n) is 4.37. The van der Waals surface area contributed by atoms with Gasteiger partial charge in [0.1, 0.15) is 12.4 Å². The monoisotopic (exact) mass is 391 g/mol. The van der Waals surface area contributed by atoms with Gasteiger partial charge in [0.25, 0.3) is 0 Å². The Morgan fingerprint density at radius 1 is 1.14 bits per heavy atom. The summed E-state index contributed by atoms with van der Waals surface area (Å²) >= 11 is 0. The van der Waals surface area contributed by atoms with Gasteiger partial charge in [0.15, 0.2) is 5.82 Å². The SMILES string of the molecule is CCCCCc1ccc(/C=C/C(=O)Nc2ccccc2OCc2nnn[nH]2)cc1. The van der Waals surface area contributed by atoms with Crippen LogP contribution < -0.4 is 10.1 Å². The zero-order valence-electron chi connectivity index (χ0n) is 16.5. The van der Waals surface area contributed by atoms with Crippen LogP contribution in [0.1, 0.15) is 43.1 Å². The van der Waals surface area contributed by atoms with Crippen molar-refractivity contribution < 1.29 is 9.53 Å². The summed E-state index contributed by atoms with van der Waals surface area (Å²) in [6, 6.07) is 15.5. The highest BCUT2D eigenvalue weighted by Crippen LogP contribution is 2.24. The van der Waals surface area contributed by atoms with Crippen molar-refractivity contribution in [2.24, 2.45) is 0 Å². The first-order chi connectivity index (χ1) is 14.2. The number of rotatable bonds is 10. The van der Waals surface area contributed by atoms with E-state index in [2.05, 4.69) is 45.0 Å². The van der Waals surface area contributed by atoms with Crippen molar-refractivity contribution >= 4 is 17.7 Å². The van der Waals surface area contributed by atoms with E-state index < -0.39 is 0 Å². The number of nitrogens with one attached hydrogen (secondary N) is 2. The van der Waals surface area contributed by atoms with Gasteiger partial charge in [-0.15, -0.1) is 5.10 Å². The fourth-order valence-corrected chi connectivity index (χ4v) is 2.80. The van der Waals surface area contributed by atoms with Crippen LogP contribution in [-0.4, -0.2) is 26.5 Å². The number of carbonyl (C=O) groups is 1. The number of unbranched alkanes of at least 4 members (excludes halogenated alkanes) is 2. The first-order valence-corrected chi connectivity index (χ1v) is 9.77. The van der Waals surface area contributed by atoms with Crippen LogP contribution in [-0.2, 0) is 17.8 Å². The summed E-state index contributed by atoms with van der Waals surface area (Å²) in [5.41, 5.74) is 2.90. The molecule has 0 radical (unpaired) electrons. The minimum Gasteiger partial charge on any atom is -0.483 e. The molecule has 3 rings (SSSR count). The normalized spacial score (nSPS) is 10.9. The zero-order chi connectivity index (χ0) is 20.3. The highest BCUT2D eigenvalue weighted by Gasteiger charge is 2.07. The van der Waals surface area contributed by atoms with Crippen molar-refractivity contribution in [3.05, 3.63) is 71.6 Å². The van der Waals surface area contributed by atoms with Crippen molar-refractivity contribution in [1.82, 2.24) is 20.6 Å². The lowest BCUT2D eigenvalue weighted by atomic mass is 10.1. The van der Waals surface area contributed by atoms with Gasteiger partial charge in [0, 0.05) is 6.08 Å². The smallest absolute Gasteiger partial charge is 0.248 e. The molecule has 0 saturated carbocycles. The number of anilines is 1. The Morgan fingerprint density at radius 3 is 2.72 bits per heavy atom. The predicted octanol–water partition coefficient (Wildman–Crippen LogP) is 4.16. The Hall–Kier alpha value is -3.48. The number of hydrogen-bond donors (Lipinski definition) is 2. The topological polar surface area (TPSA) is 92.8 Å². The summed E-state index contributed by atoms with van der Waals surface area (Å²) in [6.45, 7) is 2.39. The van der Waals surface area contributed by atoms with Crippen LogP contribution in [0.2, 0.25) is 0 Å². The van der Waals surface area contributed by atoms with Crippen LogP contribution in [0.25, 0.3) is 6.08 Å². The zero-order valence-corrected chi connectivity index (χ0v) is 16.5. The molecule has 2 N–H and O–H groups in total. The molecule has 0 aliphatic heterocycles. The Kier molecular flexibility index (Phi) is 7.51. The second-order valence-electron chi connectivity index (χ2n) is 6.65. The minimum atomic E-state index is -0.227. The molecule has 0 saturated heterocycles. The van der Waals surface area contributed by atoms with E-state index in [0.717, 1.165) is 12.0 Å². The van der Waals surface area contributed by atoms with Gasteiger partial charge < -0.3 is 10.1 Å². The Balaban J connectivity index is 1.55. The molecule has 7 nitrogen and oxygen atoms in total. The summed E-state index contributed by atoms with van der Waals surface area (Å²) in [7, 11) is 0. The van der Waals surface area contributed by atoms with Gasteiger partial charge >= 0.3 is 0 Å². The molecule has 0 aliphatic rings. The van der Waals surface area contributed by atoms with E-state index in [1.807, 2.05) is 24.3 Å². The second-order valence-corrected chi connectivity index (χ2v) is 6.65. The Bertz CT molecular complexity index is 921. The lowest BCUT2D eigenvalue weighted by molar-refractivity contribution is -0.111. The van der Waals surface area contributed by atoms with E-state index in [0.29, 0.717) is 17.3 Å². The summed E-state index contributed by atoms with van der Waals surface area (Å²) in [4.78, 5) is 12.3. The third kappa shape index (κ3) is 6.57. The predicted molar refractivity (Wildman–Crippen MR) is 112 cm³/mol. The molecule has 7 heteroatoms. The summed E-state index contributed by atoms with van der Waals surface area (Å²) < 4.78 is 5.69. The molecule has 0 unspecified atom stereocenters. The summed E-state index contributed by atoms with van der Waals surface area (Å²) in [5.74, 6) is 0.820. The molecule has 1 aromatic heterocycles. The average Bonchev–Trinajstić information content (AvgIpc) is 3.26. The number of H-pyrrole nitrogens is 1. The molecular formula is C22H25N5O2. The van der Waals surface area contributed by atoms with Gasteiger partial charge in [-0.25, -0.2) is 5.10 Å². The van der Waals surface area contributed by atoms with Gasteiger partial charge in [-0.05, 0) is 52.6 Å². The number of para-hydroxylation sites is 2. The van der Waals surface area contributed by atoms with Gasteiger partial charge in [-0.2, -0.15) is 0 Å². The molecular weight excluding hydrogens is 366 g/mol. The van der Waals surface area contributed by atoms with Crippen LogP contribution in [0.15, 0.2) is 54.6 Å². The number of carbonyl (C=O) groups excluding carboxylic acids is 1. The van der Waals surface area contributed by atoms with Crippen molar-refractivity contribution in [2.75, 3.05) is 5.32 Å². The quantitative estimate of drug-likeness (QED) is 0.400. The lowest BCUT2D eigenvalue weighted by Crippen LogP contribution is -2.09.